The lowest BCUT2D eigenvalue weighted by Crippen LogP contribution is -2.34. The Morgan fingerprint density at radius 3 is 3.00 bits per heavy atom. The van der Waals surface area contributed by atoms with E-state index in [0.717, 1.165) is 0 Å². The van der Waals surface area contributed by atoms with Gasteiger partial charge >= 0.3 is 5.97 Å². The smallest absolute Gasteiger partial charge is 0.322 e. The van der Waals surface area contributed by atoms with Crippen molar-refractivity contribution >= 4 is 5.97 Å². The average Bonchev–Trinajstić information content (AvgIpc) is 1.98. The number of nitrogens with two attached hydrogens (primary N) is 1. The molecule has 0 rings (SSSR count). The van der Waals surface area contributed by atoms with Crippen molar-refractivity contribution in [3.63, 3.8) is 0 Å². The van der Waals surface area contributed by atoms with Gasteiger partial charge in [0.05, 0.1) is 13.7 Å². The molecule has 6 nitrogen and oxygen atoms in total. The Bertz CT molecular complexity index is 163. The molecule has 0 spiro atoms. The van der Waals surface area contributed by atoms with Gasteiger partial charge in [0, 0.05) is 4.91 Å². The molecule has 1 atom stereocenters. The highest BCUT2D eigenvalue weighted by molar-refractivity contribution is 5.75. The lowest BCUT2D eigenvalue weighted by Gasteiger charge is -2.03. The van der Waals surface area contributed by atoms with Crippen LogP contribution in [0.3, 0.4) is 0 Å². The predicted molar refractivity (Wildman–Crippen MR) is 34.0 cm³/mol. The zero-order valence-electron chi connectivity index (χ0n) is 5.52. The molecule has 0 saturated carbocycles. The van der Waals surface area contributed by atoms with Crippen LogP contribution >= 0.6 is 0 Å². The van der Waals surface area contributed by atoms with Crippen molar-refractivity contribution in [2.24, 2.45) is 10.8 Å². The number of ether oxygens (including phenoxy) is 1. The highest BCUT2D eigenvalue weighted by atomic mass is 16.5. The monoisotopic (exact) mass is 144 g/mol. The first-order valence-electron chi connectivity index (χ1n) is 2.56. The second-order valence-electron chi connectivity index (χ2n) is 1.54. The van der Waals surface area contributed by atoms with Crippen LogP contribution in [0.2, 0.25) is 0 Å². The Morgan fingerprint density at radius 1 is 2.00 bits per heavy atom. The molecule has 0 aromatic heterocycles. The summed E-state index contributed by atoms with van der Waals surface area (Å²) < 4.78 is 4.26. The van der Waals surface area contributed by atoms with Gasteiger partial charge in [-0.3, -0.25) is 4.79 Å². The molecule has 0 aliphatic carbocycles. The summed E-state index contributed by atoms with van der Waals surface area (Å²) in [5.41, 5.74) is 13.0. The summed E-state index contributed by atoms with van der Waals surface area (Å²) in [7, 11) is 1.22. The molecule has 0 heterocycles. The van der Waals surface area contributed by atoms with Crippen molar-refractivity contribution in [3.8, 4) is 0 Å². The molecule has 0 fully saturated rings. The molecule has 56 valence electrons. The molecular formula is C4H8N4O2. The highest BCUT2D eigenvalue weighted by Crippen LogP contribution is 1.84. The molecule has 0 bridgehead atoms. The largest absolute Gasteiger partial charge is 0.468 e. The fourth-order valence-corrected chi connectivity index (χ4v) is 0.350. The quantitative estimate of drug-likeness (QED) is 0.257. The van der Waals surface area contributed by atoms with Crippen LogP contribution in [-0.2, 0) is 9.53 Å². The maximum atomic E-state index is 10.5. The molecule has 0 aliphatic rings. The molecule has 0 saturated heterocycles. The standard InChI is InChI=1S/C4H8N4O2/c1-10-4(9)3(5)2-7-8-6/h3H,2,5H2,1H3/t3-/m1/s1. The Labute approximate surface area is 57.6 Å². The third-order valence-corrected chi connectivity index (χ3v) is 0.846. The molecule has 0 unspecified atom stereocenters. The van der Waals surface area contributed by atoms with E-state index in [1.54, 1.807) is 0 Å². The van der Waals surface area contributed by atoms with E-state index in [2.05, 4.69) is 14.8 Å². The van der Waals surface area contributed by atoms with Crippen LogP contribution in [-0.4, -0.2) is 25.7 Å². The number of hydrogen-bond acceptors (Lipinski definition) is 4. The van der Waals surface area contributed by atoms with E-state index >= 15 is 0 Å². The first-order chi connectivity index (χ1) is 4.72. The molecule has 0 radical (unpaired) electrons. The summed E-state index contributed by atoms with van der Waals surface area (Å²) >= 11 is 0. The number of esters is 1. The van der Waals surface area contributed by atoms with Crippen molar-refractivity contribution in [1.82, 2.24) is 0 Å². The van der Waals surface area contributed by atoms with Crippen LogP contribution in [0.1, 0.15) is 0 Å². The Hall–Kier alpha value is -1.26. The molecule has 0 aliphatic heterocycles. The van der Waals surface area contributed by atoms with E-state index in [1.807, 2.05) is 0 Å². The van der Waals surface area contributed by atoms with Gasteiger partial charge in [0.1, 0.15) is 6.04 Å². The lowest BCUT2D eigenvalue weighted by molar-refractivity contribution is -0.141. The van der Waals surface area contributed by atoms with Gasteiger partial charge in [0.25, 0.3) is 0 Å². The summed E-state index contributed by atoms with van der Waals surface area (Å²) in [5, 5.41) is 3.10. The van der Waals surface area contributed by atoms with Crippen molar-refractivity contribution in [3.05, 3.63) is 10.4 Å². The second-order valence-corrected chi connectivity index (χ2v) is 1.54. The van der Waals surface area contributed by atoms with E-state index in [1.165, 1.54) is 7.11 Å². The van der Waals surface area contributed by atoms with E-state index in [0.29, 0.717) is 0 Å². The zero-order valence-corrected chi connectivity index (χ0v) is 5.52. The SMILES string of the molecule is COC(=O)[C@H](N)CN=[N+]=[N-]. The van der Waals surface area contributed by atoms with Gasteiger partial charge in [0.15, 0.2) is 0 Å². The number of nitrogens with zero attached hydrogens (tertiary/aromatic N) is 3. The first-order valence-corrected chi connectivity index (χ1v) is 2.56. The molecule has 6 heteroatoms. The Morgan fingerprint density at radius 2 is 2.60 bits per heavy atom. The zero-order chi connectivity index (χ0) is 7.98. The van der Waals surface area contributed by atoms with Crippen LogP contribution in [0.5, 0.6) is 0 Å². The Kier molecular flexibility index (Phi) is 4.02. The average molecular weight is 144 g/mol. The number of methoxy groups -OCH3 is 1. The predicted octanol–water partition coefficient (Wildman–Crippen LogP) is -0.203. The number of rotatable bonds is 3. The van der Waals surface area contributed by atoms with Gasteiger partial charge in [-0.15, -0.1) is 0 Å². The topological polar surface area (TPSA) is 101 Å². The van der Waals surface area contributed by atoms with Crippen molar-refractivity contribution in [2.75, 3.05) is 13.7 Å². The first kappa shape index (κ1) is 8.74. The van der Waals surface area contributed by atoms with Crippen LogP contribution in [0.25, 0.3) is 10.4 Å². The van der Waals surface area contributed by atoms with E-state index in [-0.39, 0.29) is 6.54 Å². The maximum absolute atomic E-state index is 10.5. The van der Waals surface area contributed by atoms with Gasteiger partial charge in [-0.05, 0) is 5.53 Å². The van der Waals surface area contributed by atoms with Gasteiger partial charge in [-0.2, -0.15) is 0 Å². The fraction of sp³-hybridized carbons (Fsp3) is 0.750. The summed E-state index contributed by atoms with van der Waals surface area (Å²) in [4.78, 5) is 12.9. The molecular weight excluding hydrogens is 136 g/mol. The second kappa shape index (κ2) is 4.60. The van der Waals surface area contributed by atoms with Crippen molar-refractivity contribution in [1.29, 1.82) is 0 Å². The minimum absolute atomic E-state index is 0.0663. The van der Waals surface area contributed by atoms with Gasteiger partial charge in [0.2, 0.25) is 0 Å². The van der Waals surface area contributed by atoms with Gasteiger partial charge in [-0.25, -0.2) is 0 Å². The number of carbonyl (C=O) groups excluding carboxylic acids is 1. The number of carbonyl (C=O) groups is 1. The summed E-state index contributed by atoms with van der Waals surface area (Å²) in [6.07, 6.45) is 0. The van der Waals surface area contributed by atoms with E-state index in [4.69, 9.17) is 11.3 Å². The maximum Gasteiger partial charge on any atom is 0.322 e. The van der Waals surface area contributed by atoms with Crippen molar-refractivity contribution in [2.45, 2.75) is 6.04 Å². The number of hydrogen-bond donors (Lipinski definition) is 1. The van der Waals surface area contributed by atoms with Gasteiger partial charge < -0.3 is 10.5 Å². The van der Waals surface area contributed by atoms with Crippen LogP contribution in [0.4, 0.5) is 0 Å². The van der Waals surface area contributed by atoms with E-state index in [9.17, 15) is 4.79 Å². The van der Waals surface area contributed by atoms with Crippen LogP contribution in [0.15, 0.2) is 5.11 Å². The third kappa shape index (κ3) is 2.91. The molecule has 2 N–H and O–H groups in total. The van der Waals surface area contributed by atoms with Crippen LogP contribution < -0.4 is 5.73 Å². The molecule has 0 amide bonds. The fourth-order valence-electron chi connectivity index (χ4n) is 0.350. The summed E-state index contributed by atoms with van der Waals surface area (Å²) in [6.45, 7) is -0.0663. The third-order valence-electron chi connectivity index (χ3n) is 0.846. The van der Waals surface area contributed by atoms with E-state index < -0.39 is 12.0 Å². The van der Waals surface area contributed by atoms with Gasteiger partial charge in [-0.1, -0.05) is 5.11 Å². The molecule has 10 heavy (non-hydrogen) atoms. The minimum Gasteiger partial charge on any atom is -0.468 e. The minimum atomic E-state index is -0.846. The lowest BCUT2D eigenvalue weighted by atomic mass is 10.3. The van der Waals surface area contributed by atoms with Crippen molar-refractivity contribution < 1.29 is 9.53 Å². The molecule has 0 aromatic rings. The Balaban J connectivity index is 3.72. The van der Waals surface area contributed by atoms with Crippen LogP contribution in [0, 0.1) is 0 Å². The normalized spacial score (nSPS) is 11.4. The summed E-state index contributed by atoms with van der Waals surface area (Å²) in [6, 6.07) is -0.846. The number of azide groups is 1. The highest BCUT2D eigenvalue weighted by Gasteiger charge is 2.10. The summed E-state index contributed by atoms with van der Waals surface area (Å²) in [5.74, 6) is -0.576. The molecule has 0 aromatic carbocycles.